The zero-order valence-corrected chi connectivity index (χ0v) is 16.9. The second kappa shape index (κ2) is 10.3. The molecule has 4 nitrogen and oxygen atoms in total. The lowest BCUT2D eigenvalue weighted by Gasteiger charge is -2.26. The molecule has 28 heavy (non-hydrogen) atoms. The molecule has 0 heterocycles. The first kappa shape index (κ1) is 20.4. The fourth-order valence-electron chi connectivity index (χ4n) is 3.73. The molecule has 2 atom stereocenters. The van der Waals surface area contributed by atoms with Crippen molar-refractivity contribution in [1.29, 1.82) is 0 Å². The van der Waals surface area contributed by atoms with Gasteiger partial charge in [-0.25, -0.2) is 4.79 Å². The highest BCUT2D eigenvalue weighted by molar-refractivity contribution is 5.75. The molecule has 0 bridgehead atoms. The summed E-state index contributed by atoms with van der Waals surface area (Å²) >= 11 is 0. The minimum atomic E-state index is -0.529. The average Bonchev–Trinajstić information content (AvgIpc) is 2.72. The molecule has 0 aromatic heterocycles. The summed E-state index contributed by atoms with van der Waals surface area (Å²) in [6, 6.07) is 17.2. The Morgan fingerprint density at radius 1 is 1.14 bits per heavy atom. The molecule has 3 rings (SSSR count). The van der Waals surface area contributed by atoms with Crippen molar-refractivity contribution in [3.8, 4) is 5.75 Å². The van der Waals surface area contributed by atoms with E-state index in [1.807, 2.05) is 26.0 Å². The summed E-state index contributed by atoms with van der Waals surface area (Å²) in [5, 5.41) is 3.68. The lowest BCUT2D eigenvalue weighted by molar-refractivity contribution is -0.151. The van der Waals surface area contributed by atoms with Crippen LogP contribution in [0.2, 0.25) is 0 Å². The second-order valence-corrected chi connectivity index (χ2v) is 7.38. The molecule has 1 aliphatic carbocycles. The Morgan fingerprint density at radius 2 is 1.96 bits per heavy atom. The van der Waals surface area contributed by atoms with E-state index in [0.29, 0.717) is 19.1 Å². The maximum atomic E-state index is 12.1. The predicted octanol–water partition coefficient (Wildman–Crippen LogP) is 4.44. The number of carbonyl (C=O) groups excluding carboxylic acids is 1. The van der Waals surface area contributed by atoms with Crippen LogP contribution < -0.4 is 10.1 Å². The summed E-state index contributed by atoms with van der Waals surface area (Å²) in [5.41, 5.74) is 4.00. The second-order valence-electron chi connectivity index (χ2n) is 7.38. The van der Waals surface area contributed by atoms with E-state index >= 15 is 0 Å². The van der Waals surface area contributed by atoms with Crippen LogP contribution in [0.25, 0.3) is 0 Å². The van der Waals surface area contributed by atoms with Gasteiger partial charge in [0.15, 0.2) is 6.10 Å². The van der Waals surface area contributed by atoms with E-state index < -0.39 is 6.10 Å². The minimum Gasteiger partial charge on any atom is -0.479 e. The molecule has 0 amide bonds. The van der Waals surface area contributed by atoms with Gasteiger partial charge in [0, 0.05) is 12.6 Å². The van der Waals surface area contributed by atoms with E-state index in [9.17, 15) is 4.79 Å². The number of esters is 1. The average molecular weight is 382 g/mol. The highest BCUT2D eigenvalue weighted by Crippen LogP contribution is 2.27. The highest BCUT2D eigenvalue weighted by atomic mass is 16.6. The maximum absolute atomic E-state index is 12.1. The number of carbonyl (C=O) groups is 1. The zero-order valence-electron chi connectivity index (χ0n) is 16.9. The summed E-state index contributed by atoms with van der Waals surface area (Å²) < 4.78 is 11.2. The lowest BCUT2D eigenvalue weighted by Crippen LogP contribution is -2.34. The van der Waals surface area contributed by atoms with Crippen LogP contribution in [-0.2, 0) is 28.9 Å². The van der Waals surface area contributed by atoms with Crippen LogP contribution in [-0.4, -0.2) is 24.7 Å². The van der Waals surface area contributed by atoms with Gasteiger partial charge in [0.05, 0.1) is 6.61 Å². The van der Waals surface area contributed by atoms with Gasteiger partial charge in [0.1, 0.15) is 5.75 Å². The van der Waals surface area contributed by atoms with Crippen molar-refractivity contribution >= 4 is 5.97 Å². The third-order valence-corrected chi connectivity index (χ3v) is 5.22. The highest BCUT2D eigenvalue weighted by Gasteiger charge is 2.23. The molecule has 2 unspecified atom stereocenters. The number of nitrogens with one attached hydrogen (secondary N) is 1. The summed E-state index contributed by atoms with van der Waals surface area (Å²) in [4.78, 5) is 12.1. The standard InChI is InChI=1S/C24H31NO3/c1-3-8-23(24(26)27-4-2)28-22-14-12-19-11-13-21(15-20(19)16-22)25-17-18-9-6-5-7-10-18/h5-7,9-10,12,14,16,21,23,25H,3-4,8,11,13,15,17H2,1-2H3. The monoisotopic (exact) mass is 381 g/mol. The number of aryl methyl sites for hydroxylation is 1. The summed E-state index contributed by atoms with van der Waals surface area (Å²) in [6.45, 7) is 5.13. The van der Waals surface area contributed by atoms with Crippen LogP contribution in [0.15, 0.2) is 48.5 Å². The third-order valence-electron chi connectivity index (χ3n) is 5.22. The molecule has 2 aromatic rings. The summed E-state index contributed by atoms with van der Waals surface area (Å²) in [5.74, 6) is 0.485. The van der Waals surface area contributed by atoms with Gasteiger partial charge in [-0.15, -0.1) is 0 Å². The quantitative estimate of drug-likeness (QED) is 0.652. The van der Waals surface area contributed by atoms with E-state index in [2.05, 4.69) is 41.7 Å². The first-order valence-electron chi connectivity index (χ1n) is 10.4. The van der Waals surface area contributed by atoms with Gasteiger partial charge in [-0.1, -0.05) is 49.7 Å². The number of hydrogen-bond acceptors (Lipinski definition) is 4. The summed E-state index contributed by atoms with van der Waals surface area (Å²) in [6.07, 6.45) is 4.20. The normalized spacial score (nSPS) is 16.9. The van der Waals surface area contributed by atoms with E-state index in [0.717, 1.165) is 38.0 Å². The Morgan fingerprint density at radius 3 is 2.71 bits per heavy atom. The van der Waals surface area contributed by atoms with Crippen LogP contribution in [0.5, 0.6) is 5.75 Å². The third kappa shape index (κ3) is 5.59. The minimum absolute atomic E-state index is 0.274. The van der Waals surface area contributed by atoms with Crippen molar-refractivity contribution in [2.24, 2.45) is 0 Å². The van der Waals surface area contributed by atoms with Crippen molar-refractivity contribution in [3.63, 3.8) is 0 Å². The van der Waals surface area contributed by atoms with Crippen molar-refractivity contribution < 1.29 is 14.3 Å². The fourth-order valence-corrected chi connectivity index (χ4v) is 3.73. The molecule has 0 spiro atoms. The molecule has 0 saturated heterocycles. The van der Waals surface area contributed by atoms with Crippen LogP contribution in [0.3, 0.4) is 0 Å². The van der Waals surface area contributed by atoms with Crippen LogP contribution in [0.4, 0.5) is 0 Å². The van der Waals surface area contributed by atoms with E-state index in [1.54, 1.807) is 0 Å². The number of hydrogen-bond donors (Lipinski definition) is 1. The Bertz CT molecular complexity index is 760. The Hall–Kier alpha value is -2.33. The van der Waals surface area contributed by atoms with Crippen molar-refractivity contribution in [1.82, 2.24) is 5.32 Å². The molecule has 0 saturated carbocycles. The number of fused-ring (bicyclic) bond motifs is 1. The Balaban J connectivity index is 1.62. The number of benzene rings is 2. The van der Waals surface area contributed by atoms with Gasteiger partial charge >= 0.3 is 5.97 Å². The van der Waals surface area contributed by atoms with E-state index in [-0.39, 0.29) is 5.97 Å². The molecule has 0 fully saturated rings. The van der Waals surface area contributed by atoms with E-state index in [4.69, 9.17) is 9.47 Å². The van der Waals surface area contributed by atoms with Gasteiger partial charge in [-0.05, 0) is 61.4 Å². The van der Waals surface area contributed by atoms with Crippen LogP contribution >= 0.6 is 0 Å². The van der Waals surface area contributed by atoms with Gasteiger partial charge in [-0.2, -0.15) is 0 Å². The smallest absolute Gasteiger partial charge is 0.347 e. The Kier molecular flexibility index (Phi) is 7.49. The van der Waals surface area contributed by atoms with Gasteiger partial charge in [0.25, 0.3) is 0 Å². The first-order chi connectivity index (χ1) is 13.7. The molecule has 0 aliphatic heterocycles. The lowest BCUT2D eigenvalue weighted by atomic mass is 9.88. The van der Waals surface area contributed by atoms with Crippen molar-refractivity contribution in [2.75, 3.05) is 6.61 Å². The van der Waals surface area contributed by atoms with Crippen molar-refractivity contribution in [2.45, 2.75) is 64.6 Å². The zero-order chi connectivity index (χ0) is 19.8. The van der Waals surface area contributed by atoms with Crippen LogP contribution in [0.1, 0.15) is 49.8 Å². The van der Waals surface area contributed by atoms with Crippen molar-refractivity contribution in [3.05, 3.63) is 65.2 Å². The maximum Gasteiger partial charge on any atom is 0.347 e. The molecular formula is C24H31NO3. The number of rotatable bonds is 9. The topological polar surface area (TPSA) is 47.6 Å². The van der Waals surface area contributed by atoms with Crippen LogP contribution in [0, 0.1) is 0 Å². The largest absolute Gasteiger partial charge is 0.479 e. The number of ether oxygens (including phenoxy) is 2. The Labute approximate surface area is 168 Å². The van der Waals surface area contributed by atoms with Gasteiger partial charge in [-0.3, -0.25) is 0 Å². The summed E-state index contributed by atoms with van der Waals surface area (Å²) in [7, 11) is 0. The molecule has 1 N–H and O–H groups in total. The predicted molar refractivity (Wildman–Crippen MR) is 111 cm³/mol. The molecular weight excluding hydrogens is 350 g/mol. The molecule has 0 radical (unpaired) electrons. The first-order valence-corrected chi connectivity index (χ1v) is 10.4. The molecule has 1 aliphatic rings. The fraction of sp³-hybridized carbons (Fsp3) is 0.458. The molecule has 2 aromatic carbocycles. The van der Waals surface area contributed by atoms with Gasteiger partial charge < -0.3 is 14.8 Å². The molecule has 150 valence electrons. The van der Waals surface area contributed by atoms with Gasteiger partial charge in [0.2, 0.25) is 0 Å². The SMILES string of the molecule is CCCC(Oc1ccc2c(c1)CC(NCc1ccccc1)CC2)C(=O)OCC. The molecule has 4 heteroatoms. The van der Waals surface area contributed by atoms with E-state index in [1.165, 1.54) is 16.7 Å².